The maximum Gasteiger partial charge on any atom is 0.122 e. The Morgan fingerprint density at radius 3 is 2.75 bits per heavy atom. The molecule has 1 aromatic carbocycles. The van der Waals surface area contributed by atoms with Crippen molar-refractivity contribution in [2.75, 3.05) is 25.7 Å². The summed E-state index contributed by atoms with van der Waals surface area (Å²) in [6, 6.07) is 8.77. The topological polar surface area (TPSA) is 21.3 Å². The van der Waals surface area contributed by atoms with Gasteiger partial charge in [-0.3, -0.25) is 0 Å². The van der Waals surface area contributed by atoms with Crippen molar-refractivity contribution >= 4 is 11.8 Å². The van der Waals surface area contributed by atoms with Gasteiger partial charge in [-0.25, -0.2) is 0 Å². The Balaban J connectivity index is 2.67. The zero-order chi connectivity index (χ0) is 11.8. The number of likely N-dealkylation sites (N-methyl/N-ethyl adjacent to an activating group) is 1. The Bertz CT molecular complexity index is 298. The Kier molecular flexibility index (Phi) is 6.34. The molecule has 1 rings (SSSR count). The van der Waals surface area contributed by atoms with Crippen LogP contribution >= 0.6 is 11.8 Å². The molecule has 0 saturated carbocycles. The van der Waals surface area contributed by atoms with Crippen molar-refractivity contribution in [1.29, 1.82) is 0 Å². The fraction of sp³-hybridized carbons (Fsp3) is 0.538. The quantitative estimate of drug-likeness (QED) is 0.790. The van der Waals surface area contributed by atoms with E-state index in [2.05, 4.69) is 30.6 Å². The molecule has 0 aliphatic heterocycles. The molecule has 3 heteroatoms. The second-order valence-corrected chi connectivity index (χ2v) is 4.64. The number of ether oxygens (including phenoxy) is 1. The normalized spacial score (nSPS) is 12.4. The smallest absolute Gasteiger partial charge is 0.122 e. The highest BCUT2D eigenvalue weighted by Crippen LogP contribution is 2.19. The molecule has 16 heavy (non-hydrogen) atoms. The van der Waals surface area contributed by atoms with Crippen LogP contribution in [-0.2, 0) is 6.42 Å². The Morgan fingerprint density at radius 2 is 2.12 bits per heavy atom. The van der Waals surface area contributed by atoms with Crippen LogP contribution in [-0.4, -0.2) is 31.7 Å². The summed E-state index contributed by atoms with van der Waals surface area (Å²) in [4.78, 5) is 0. The Hall–Kier alpha value is -0.670. The van der Waals surface area contributed by atoms with Crippen LogP contribution in [0.1, 0.15) is 12.5 Å². The maximum absolute atomic E-state index is 5.37. The first-order valence-corrected chi connectivity index (χ1v) is 7.05. The largest absolute Gasteiger partial charge is 0.496 e. The van der Waals surface area contributed by atoms with Crippen molar-refractivity contribution in [2.24, 2.45) is 0 Å². The van der Waals surface area contributed by atoms with Crippen molar-refractivity contribution in [3.05, 3.63) is 29.8 Å². The van der Waals surface area contributed by atoms with Gasteiger partial charge in [0.2, 0.25) is 0 Å². The molecule has 0 spiro atoms. The zero-order valence-electron chi connectivity index (χ0n) is 10.3. The van der Waals surface area contributed by atoms with E-state index in [1.165, 1.54) is 5.56 Å². The second kappa shape index (κ2) is 7.58. The van der Waals surface area contributed by atoms with Crippen LogP contribution < -0.4 is 10.1 Å². The molecule has 0 aliphatic rings. The van der Waals surface area contributed by atoms with E-state index in [1.807, 2.05) is 23.9 Å². The number of nitrogens with one attached hydrogen (secondary N) is 1. The fourth-order valence-electron chi connectivity index (χ4n) is 1.82. The third kappa shape index (κ3) is 4.06. The highest BCUT2D eigenvalue weighted by molar-refractivity contribution is 7.98. The van der Waals surface area contributed by atoms with Crippen molar-refractivity contribution in [3.63, 3.8) is 0 Å². The summed E-state index contributed by atoms with van der Waals surface area (Å²) in [6.07, 6.45) is 3.17. The van der Waals surface area contributed by atoms with Gasteiger partial charge >= 0.3 is 0 Å². The standard InChI is InChI=1S/C13H21NOS/c1-4-14-12(10-16-3)9-11-7-5-6-8-13(11)15-2/h5-8,12,14H,4,9-10H2,1-3H3. The van der Waals surface area contributed by atoms with Crippen molar-refractivity contribution < 1.29 is 4.74 Å². The fourth-order valence-corrected chi connectivity index (χ4v) is 2.46. The van der Waals surface area contributed by atoms with Gasteiger partial charge in [0, 0.05) is 11.8 Å². The molecule has 0 saturated heterocycles. The van der Waals surface area contributed by atoms with E-state index < -0.39 is 0 Å². The molecule has 0 heterocycles. The number of thioether (sulfide) groups is 1. The van der Waals surface area contributed by atoms with Gasteiger partial charge in [0.25, 0.3) is 0 Å². The SMILES string of the molecule is CCNC(CSC)Cc1ccccc1OC. The highest BCUT2D eigenvalue weighted by Gasteiger charge is 2.10. The first-order chi connectivity index (χ1) is 7.81. The lowest BCUT2D eigenvalue weighted by molar-refractivity contribution is 0.406. The summed E-state index contributed by atoms with van der Waals surface area (Å²) in [7, 11) is 1.73. The van der Waals surface area contributed by atoms with Gasteiger partial charge in [-0.1, -0.05) is 25.1 Å². The molecule has 2 nitrogen and oxygen atoms in total. The molecule has 1 aromatic rings. The summed E-state index contributed by atoms with van der Waals surface area (Å²) in [5.74, 6) is 2.12. The van der Waals surface area contributed by atoms with Crippen LogP contribution in [0, 0.1) is 0 Å². The summed E-state index contributed by atoms with van der Waals surface area (Å²) in [5, 5.41) is 3.51. The minimum absolute atomic E-state index is 0.524. The van der Waals surface area contributed by atoms with E-state index in [1.54, 1.807) is 7.11 Å². The molecule has 0 amide bonds. The summed E-state index contributed by atoms with van der Waals surface area (Å²) in [5.41, 5.74) is 1.28. The van der Waals surface area contributed by atoms with Crippen LogP contribution in [0.4, 0.5) is 0 Å². The average Bonchev–Trinajstić information content (AvgIpc) is 2.30. The average molecular weight is 239 g/mol. The first-order valence-electron chi connectivity index (χ1n) is 5.66. The van der Waals surface area contributed by atoms with Crippen LogP contribution in [0.2, 0.25) is 0 Å². The summed E-state index contributed by atoms with van der Waals surface area (Å²) >= 11 is 1.88. The molecule has 0 aromatic heterocycles. The molecule has 1 atom stereocenters. The molecule has 0 aliphatic carbocycles. The van der Waals surface area contributed by atoms with Crippen LogP contribution in [0.3, 0.4) is 0 Å². The number of hydrogen-bond acceptors (Lipinski definition) is 3. The van der Waals surface area contributed by atoms with Gasteiger partial charge < -0.3 is 10.1 Å². The first kappa shape index (κ1) is 13.4. The Labute approximate surface area is 103 Å². The van der Waals surface area contributed by atoms with Gasteiger partial charge in [0.05, 0.1) is 7.11 Å². The molecular weight excluding hydrogens is 218 g/mol. The van der Waals surface area contributed by atoms with Crippen molar-refractivity contribution in [3.8, 4) is 5.75 Å². The van der Waals surface area contributed by atoms with E-state index in [4.69, 9.17) is 4.74 Å². The lowest BCUT2D eigenvalue weighted by atomic mass is 10.1. The van der Waals surface area contributed by atoms with E-state index >= 15 is 0 Å². The number of methoxy groups -OCH3 is 1. The van der Waals surface area contributed by atoms with Gasteiger partial charge in [-0.2, -0.15) is 11.8 Å². The minimum atomic E-state index is 0.524. The van der Waals surface area contributed by atoms with Gasteiger partial charge in [0.15, 0.2) is 0 Å². The molecule has 0 radical (unpaired) electrons. The lowest BCUT2D eigenvalue weighted by Gasteiger charge is -2.18. The molecular formula is C13H21NOS. The lowest BCUT2D eigenvalue weighted by Crippen LogP contribution is -2.33. The van der Waals surface area contributed by atoms with E-state index in [0.717, 1.165) is 24.5 Å². The predicted octanol–water partition coefficient (Wildman–Crippen LogP) is 2.58. The van der Waals surface area contributed by atoms with E-state index in [-0.39, 0.29) is 0 Å². The molecule has 0 bridgehead atoms. The number of para-hydroxylation sites is 1. The Morgan fingerprint density at radius 1 is 1.38 bits per heavy atom. The number of hydrogen-bond donors (Lipinski definition) is 1. The summed E-state index contributed by atoms with van der Waals surface area (Å²) < 4.78 is 5.37. The number of rotatable bonds is 7. The maximum atomic E-state index is 5.37. The van der Waals surface area contributed by atoms with Gasteiger partial charge in [-0.15, -0.1) is 0 Å². The van der Waals surface area contributed by atoms with Crippen LogP contribution in [0.15, 0.2) is 24.3 Å². The second-order valence-electron chi connectivity index (χ2n) is 3.73. The highest BCUT2D eigenvalue weighted by atomic mass is 32.2. The van der Waals surface area contributed by atoms with Crippen LogP contribution in [0.25, 0.3) is 0 Å². The molecule has 1 N–H and O–H groups in total. The van der Waals surface area contributed by atoms with E-state index in [0.29, 0.717) is 6.04 Å². The van der Waals surface area contributed by atoms with E-state index in [9.17, 15) is 0 Å². The van der Waals surface area contributed by atoms with Gasteiger partial charge in [0.1, 0.15) is 5.75 Å². The third-order valence-electron chi connectivity index (χ3n) is 2.52. The molecule has 1 unspecified atom stereocenters. The molecule has 0 fully saturated rings. The number of benzene rings is 1. The zero-order valence-corrected chi connectivity index (χ0v) is 11.1. The van der Waals surface area contributed by atoms with Crippen molar-refractivity contribution in [1.82, 2.24) is 5.32 Å². The van der Waals surface area contributed by atoms with Crippen molar-refractivity contribution in [2.45, 2.75) is 19.4 Å². The van der Waals surface area contributed by atoms with Gasteiger partial charge in [-0.05, 0) is 30.9 Å². The minimum Gasteiger partial charge on any atom is -0.496 e. The monoisotopic (exact) mass is 239 g/mol. The third-order valence-corrected chi connectivity index (χ3v) is 3.26. The van der Waals surface area contributed by atoms with Crippen LogP contribution in [0.5, 0.6) is 5.75 Å². The molecule has 90 valence electrons. The summed E-state index contributed by atoms with van der Waals surface area (Å²) in [6.45, 7) is 3.16. The predicted molar refractivity (Wildman–Crippen MR) is 72.5 cm³/mol.